The van der Waals surface area contributed by atoms with Crippen molar-refractivity contribution in [3.63, 3.8) is 0 Å². The molecule has 0 fully saturated rings. The molecule has 46 heavy (non-hydrogen) atoms. The molecular formula is C38H48N4O4. The Bertz CT molecular complexity index is 2030. The van der Waals surface area contributed by atoms with Crippen LogP contribution < -0.4 is 21.4 Å². The number of carbonyl (C=O) groups excluding carboxylic acids is 2. The van der Waals surface area contributed by atoms with Crippen LogP contribution in [0.25, 0.3) is 24.3 Å². The monoisotopic (exact) mass is 624 g/mol. The van der Waals surface area contributed by atoms with Gasteiger partial charge in [0.1, 0.15) is 0 Å². The zero-order valence-corrected chi connectivity index (χ0v) is 28.6. The van der Waals surface area contributed by atoms with Gasteiger partial charge in [-0.05, 0) is 136 Å². The van der Waals surface area contributed by atoms with Gasteiger partial charge >= 0.3 is 11.9 Å². The van der Waals surface area contributed by atoms with Gasteiger partial charge < -0.3 is 29.4 Å². The average molecular weight is 625 g/mol. The molecule has 0 aromatic carbocycles. The molecule has 0 saturated heterocycles. The summed E-state index contributed by atoms with van der Waals surface area (Å²) in [6, 6.07) is 0. The zero-order chi connectivity index (χ0) is 33.1. The molecule has 0 spiro atoms. The molecule has 0 atom stereocenters. The van der Waals surface area contributed by atoms with Gasteiger partial charge in [0.15, 0.2) is 0 Å². The van der Waals surface area contributed by atoms with E-state index in [4.69, 9.17) is 9.47 Å². The molecule has 4 aromatic heterocycles. The fourth-order valence-corrected chi connectivity index (χ4v) is 6.84. The van der Waals surface area contributed by atoms with Crippen molar-refractivity contribution in [1.29, 1.82) is 0 Å². The second-order valence-electron chi connectivity index (χ2n) is 12.1. The van der Waals surface area contributed by atoms with E-state index >= 15 is 0 Å². The van der Waals surface area contributed by atoms with Gasteiger partial charge in [-0.2, -0.15) is 0 Å². The Labute approximate surface area is 270 Å². The SMILES string of the molecule is CCOC(=O)CCc1c2[nH]c(c1C)C=c1[nH]c(c(C)c1CC)=Cc1[nH]c(c(C)c1CC)C=c1[nH]c(c(CCC(=O)OCC)c1C)=C2. The van der Waals surface area contributed by atoms with E-state index in [1.807, 2.05) is 13.8 Å². The summed E-state index contributed by atoms with van der Waals surface area (Å²) in [5.41, 5.74) is 13.5. The molecule has 4 N–H and O–H groups in total. The first-order valence-electron chi connectivity index (χ1n) is 16.7. The Morgan fingerprint density at radius 1 is 0.500 bits per heavy atom. The minimum absolute atomic E-state index is 0.207. The van der Waals surface area contributed by atoms with E-state index < -0.39 is 0 Å². The second-order valence-corrected chi connectivity index (χ2v) is 12.1. The van der Waals surface area contributed by atoms with Crippen LogP contribution in [0, 0.1) is 27.7 Å². The van der Waals surface area contributed by atoms with Gasteiger partial charge in [-0.15, -0.1) is 0 Å². The maximum absolute atomic E-state index is 12.4. The first-order valence-corrected chi connectivity index (χ1v) is 16.7. The number of carbonyl (C=O) groups is 2. The third kappa shape index (κ3) is 6.43. The van der Waals surface area contributed by atoms with E-state index in [2.05, 4.69) is 85.8 Å². The summed E-state index contributed by atoms with van der Waals surface area (Å²) < 4.78 is 10.5. The summed E-state index contributed by atoms with van der Waals surface area (Å²) in [5.74, 6) is -0.415. The summed E-state index contributed by atoms with van der Waals surface area (Å²) in [6.45, 7) is 17.4. The molecule has 5 rings (SSSR count). The van der Waals surface area contributed by atoms with E-state index in [0.717, 1.165) is 79.3 Å². The highest BCUT2D eigenvalue weighted by atomic mass is 16.5. The van der Waals surface area contributed by atoms with Gasteiger partial charge in [0.25, 0.3) is 0 Å². The Morgan fingerprint density at radius 3 is 1.46 bits per heavy atom. The Kier molecular flexibility index (Phi) is 9.94. The number of aromatic nitrogens is 4. The number of aromatic amines is 4. The first-order chi connectivity index (χ1) is 22.1. The smallest absolute Gasteiger partial charge is 0.306 e. The van der Waals surface area contributed by atoms with Gasteiger partial charge in [0.05, 0.1) is 13.2 Å². The fourth-order valence-electron chi connectivity index (χ4n) is 6.84. The predicted octanol–water partition coefficient (Wildman–Crippen LogP) is 3.98. The standard InChI is InChI=1S/C38H48N4O4/c1-9-25-21(5)29-17-30-23(7)27(13-15-37(43)45-11-3)35(41-30)20-36-28(14-16-38(44)46-12-4)24(8)32(42-36)19-34-26(10-2)22(6)31(40-34)18-33(25)39-29/h17-20,39-42H,9-16H2,1-8H3. The second kappa shape index (κ2) is 13.9. The van der Waals surface area contributed by atoms with Crippen LogP contribution in [-0.4, -0.2) is 45.1 Å². The molecule has 1 aliphatic rings. The molecule has 0 saturated carbocycles. The molecule has 4 aromatic rings. The minimum atomic E-state index is -0.208. The Balaban J connectivity index is 1.83. The van der Waals surface area contributed by atoms with Gasteiger partial charge in [-0.25, -0.2) is 0 Å². The van der Waals surface area contributed by atoms with Gasteiger partial charge in [-0.3, -0.25) is 9.59 Å². The maximum Gasteiger partial charge on any atom is 0.306 e. The van der Waals surface area contributed by atoms with Crippen molar-refractivity contribution in [2.75, 3.05) is 13.2 Å². The van der Waals surface area contributed by atoms with Gasteiger partial charge in [0, 0.05) is 57.0 Å². The lowest BCUT2D eigenvalue weighted by Crippen LogP contribution is -2.14. The molecule has 8 nitrogen and oxygen atoms in total. The summed E-state index contributed by atoms with van der Waals surface area (Å²) in [7, 11) is 0. The van der Waals surface area contributed by atoms with Crippen LogP contribution in [0.1, 0.15) is 108 Å². The highest BCUT2D eigenvalue weighted by Gasteiger charge is 2.18. The molecule has 0 amide bonds. The number of nitrogens with one attached hydrogen (secondary N) is 4. The third-order valence-corrected chi connectivity index (χ3v) is 9.44. The van der Waals surface area contributed by atoms with Gasteiger partial charge in [0.2, 0.25) is 0 Å². The number of esters is 2. The molecule has 244 valence electrons. The largest absolute Gasteiger partial charge is 0.466 e. The van der Waals surface area contributed by atoms with Crippen molar-refractivity contribution in [1.82, 2.24) is 19.9 Å². The highest BCUT2D eigenvalue weighted by molar-refractivity contribution is 5.72. The zero-order valence-electron chi connectivity index (χ0n) is 28.6. The summed E-state index contributed by atoms with van der Waals surface area (Å²) >= 11 is 0. The van der Waals surface area contributed by atoms with E-state index in [0.29, 0.717) is 38.9 Å². The lowest BCUT2D eigenvalue weighted by molar-refractivity contribution is -0.144. The van der Waals surface area contributed by atoms with E-state index in [1.165, 1.54) is 22.3 Å². The lowest BCUT2D eigenvalue weighted by Gasteiger charge is -2.04. The van der Waals surface area contributed by atoms with E-state index in [1.54, 1.807) is 0 Å². The number of rotatable bonds is 10. The van der Waals surface area contributed by atoms with E-state index in [-0.39, 0.29) is 11.9 Å². The average Bonchev–Trinajstić information content (AvgIpc) is 3.68. The fraction of sp³-hybridized carbons (Fsp3) is 0.421. The number of hydrogen-bond donors (Lipinski definition) is 4. The van der Waals surface area contributed by atoms with Crippen LogP contribution >= 0.6 is 0 Å². The number of hydrogen-bond acceptors (Lipinski definition) is 4. The van der Waals surface area contributed by atoms with Crippen molar-refractivity contribution >= 4 is 36.2 Å². The molecule has 0 unspecified atom stereocenters. The topological polar surface area (TPSA) is 116 Å². The summed E-state index contributed by atoms with van der Waals surface area (Å²) in [5, 5.41) is 4.10. The van der Waals surface area contributed by atoms with Crippen molar-refractivity contribution in [2.45, 2.75) is 93.9 Å². The van der Waals surface area contributed by atoms with Crippen LogP contribution in [0.5, 0.6) is 0 Å². The van der Waals surface area contributed by atoms with Crippen molar-refractivity contribution < 1.29 is 19.1 Å². The lowest BCUT2D eigenvalue weighted by atomic mass is 10.0. The van der Waals surface area contributed by atoms with Crippen LogP contribution in [0.4, 0.5) is 0 Å². The van der Waals surface area contributed by atoms with Gasteiger partial charge in [-0.1, -0.05) is 13.8 Å². The number of fused-ring (bicyclic) bond motifs is 8. The number of H-pyrrole nitrogens is 4. The highest BCUT2D eigenvalue weighted by Crippen LogP contribution is 2.23. The molecular weight excluding hydrogens is 576 g/mol. The molecule has 0 radical (unpaired) electrons. The first kappa shape index (κ1) is 32.9. The van der Waals surface area contributed by atoms with Crippen LogP contribution in [0.2, 0.25) is 0 Å². The van der Waals surface area contributed by atoms with E-state index in [9.17, 15) is 9.59 Å². The molecule has 1 aliphatic heterocycles. The van der Waals surface area contributed by atoms with Crippen molar-refractivity contribution in [3.8, 4) is 0 Å². The molecule has 5 heterocycles. The quantitative estimate of drug-likeness (QED) is 0.176. The Morgan fingerprint density at radius 2 is 0.913 bits per heavy atom. The minimum Gasteiger partial charge on any atom is -0.466 e. The van der Waals surface area contributed by atoms with Crippen LogP contribution in [0.15, 0.2) is 0 Å². The van der Waals surface area contributed by atoms with Crippen LogP contribution in [-0.2, 0) is 44.7 Å². The normalized spacial score (nSPS) is 12.2. The molecule has 8 bridgehead atoms. The number of ether oxygens (including phenoxy) is 2. The Hall–Kier alpha value is -4.46. The third-order valence-electron chi connectivity index (χ3n) is 9.44. The predicted molar refractivity (Wildman–Crippen MR) is 184 cm³/mol. The molecule has 0 aliphatic carbocycles. The molecule has 8 heteroatoms. The van der Waals surface area contributed by atoms with Crippen molar-refractivity contribution in [3.05, 3.63) is 88.7 Å². The summed E-state index contributed by atoms with van der Waals surface area (Å²) in [6.07, 6.45) is 12.2. The van der Waals surface area contributed by atoms with Crippen LogP contribution in [0.3, 0.4) is 0 Å². The van der Waals surface area contributed by atoms with Crippen molar-refractivity contribution in [2.24, 2.45) is 0 Å². The maximum atomic E-state index is 12.4. The summed E-state index contributed by atoms with van der Waals surface area (Å²) in [4.78, 5) is 39.7.